The van der Waals surface area contributed by atoms with Gasteiger partial charge in [0.05, 0.1) is 0 Å². The molecule has 0 aromatic rings. The van der Waals surface area contributed by atoms with Gasteiger partial charge in [0.2, 0.25) is 12.1 Å². The van der Waals surface area contributed by atoms with Crippen LogP contribution in [0.5, 0.6) is 0 Å². The van der Waals surface area contributed by atoms with Gasteiger partial charge in [0, 0.05) is 0 Å². The lowest BCUT2D eigenvalue weighted by atomic mass is 10.3. The van der Waals surface area contributed by atoms with Crippen LogP contribution in [0.1, 0.15) is 13.8 Å². The van der Waals surface area contributed by atoms with Gasteiger partial charge in [-0.1, -0.05) is 13.0 Å². The third-order valence-corrected chi connectivity index (χ3v) is 0.964. The lowest BCUT2D eigenvalue weighted by Gasteiger charge is -2.02. The Morgan fingerprint density at radius 1 is 1.80 bits per heavy atom. The zero-order valence-corrected chi connectivity index (χ0v) is 6.23. The van der Waals surface area contributed by atoms with E-state index in [0.717, 1.165) is 0 Å². The van der Waals surface area contributed by atoms with Gasteiger partial charge in [-0.25, -0.2) is 4.39 Å². The van der Waals surface area contributed by atoms with Crippen LogP contribution >= 0.6 is 0 Å². The van der Waals surface area contributed by atoms with E-state index in [4.69, 9.17) is 0 Å². The smallest absolute Gasteiger partial charge is 0.214 e. The summed E-state index contributed by atoms with van der Waals surface area (Å²) in [6.45, 7) is 3.89. The standard InChI is InChI=1S/C7H12FNO/c1-3-5-6(10)7(8)9-4-2/h3,5,7,9H,4H2,1-2H3/b5-3+. The average Bonchev–Trinajstić information content (AvgIpc) is 1.89. The van der Waals surface area contributed by atoms with Crippen molar-refractivity contribution in [2.75, 3.05) is 6.54 Å². The Balaban J connectivity index is 3.70. The fourth-order valence-corrected chi connectivity index (χ4v) is 0.529. The second-order valence-corrected chi connectivity index (χ2v) is 1.82. The molecule has 3 heteroatoms. The summed E-state index contributed by atoms with van der Waals surface area (Å²) in [5.41, 5.74) is 0. The van der Waals surface area contributed by atoms with Gasteiger partial charge in [-0.05, 0) is 19.5 Å². The summed E-state index contributed by atoms with van der Waals surface area (Å²) in [6, 6.07) is 0. The highest BCUT2D eigenvalue weighted by molar-refractivity contribution is 5.92. The van der Waals surface area contributed by atoms with Gasteiger partial charge in [0.1, 0.15) is 0 Å². The number of allylic oxidation sites excluding steroid dienone is 1. The van der Waals surface area contributed by atoms with Crippen molar-refractivity contribution in [3.63, 3.8) is 0 Å². The quantitative estimate of drug-likeness (QED) is 0.473. The Bertz CT molecular complexity index is 134. The van der Waals surface area contributed by atoms with E-state index in [1.807, 2.05) is 0 Å². The Hall–Kier alpha value is -0.700. The van der Waals surface area contributed by atoms with E-state index in [-0.39, 0.29) is 0 Å². The van der Waals surface area contributed by atoms with Crippen LogP contribution in [-0.2, 0) is 4.79 Å². The molecule has 1 unspecified atom stereocenters. The Morgan fingerprint density at radius 3 is 2.80 bits per heavy atom. The van der Waals surface area contributed by atoms with Crippen molar-refractivity contribution in [3.05, 3.63) is 12.2 Å². The van der Waals surface area contributed by atoms with E-state index < -0.39 is 12.1 Å². The number of rotatable bonds is 4. The summed E-state index contributed by atoms with van der Waals surface area (Å²) in [5.74, 6) is -0.524. The first-order chi connectivity index (χ1) is 4.72. The molecule has 0 saturated heterocycles. The van der Waals surface area contributed by atoms with Crippen LogP contribution in [0.4, 0.5) is 4.39 Å². The molecule has 0 aliphatic carbocycles. The summed E-state index contributed by atoms with van der Waals surface area (Å²) in [5, 5.41) is 2.36. The van der Waals surface area contributed by atoms with Crippen LogP contribution in [0.3, 0.4) is 0 Å². The topological polar surface area (TPSA) is 29.1 Å². The number of hydrogen-bond donors (Lipinski definition) is 1. The molecule has 0 radical (unpaired) electrons. The highest BCUT2D eigenvalue weighted by atomic mass is 19.1. The molecule has 1 N–H and O–H groups in total. The predicted octanol–water partition coefficient (Wildman–Crippen LogP) is 1.04. The zero-order valence-electron chi connectivity index (χ0n) is 6.23. The van der Waals surface area contributed by atoms with Crippen molar-refractivity contribution in [1.29, 1.82) is 0 Å². The van der Waals surface area contributed by atoms with Gasteiger partial charge in [0.15, 0.2) is 0 Å². The van der Waals surface area contributed by atoms with Crippen LogP contribution in [0.15, 0.2) is 12.2 Å². The van der Waals surface area contributed by atoms with Crippen LogP contribution in [-0.4, -0.2) is 18.6 Å². The van der Waals surface area contributed by atoms with Gasteiger partial charge >= 0.3 is 0 Å². The SMILES string of the molecule is C/C=C/C(=O)C(F)NCC. The van der Waals surface area contributed by atoms with Crippen LogP contribution < -0.4 is 5.32 Å². The molecule has 0 aliphatic heterocycles. The molecular formula is C7H12FNO. The molecular weight excluding hydrogens is 133 g/mol. The minimum absolute atomic E-state index is 0.463. The number of alkyl halides is 1. The van der Waals surface area contributed by atoms with Crippen molar-refractivity contribution in [2.45, 2.75) is 20.1 Å². The maximum Gasteiger partial charge on any atom is 0.214 e. The molecule has 58 valence electrons. The molecule has 0 fully saturated rings. The molecule has 0 amide bonds. The molecule has 0 rings (SSSR count). The molecule has 10 heavy (non-hydrogen) atoms. The molecule has 0 aromatic carbocycles. The highest BCUT2D eigenvalue weighted by Gasteiger charge is 2.10. The average molecular weight is 145 g/mol. The van der Waals surface area contributed by atoms with E-state index in [1.54, 1.807) is 13.8 Å². The van der Waals surface area contributed by atoms with Crippen LogP contribution in [0.2, 0.25) is 0 Å². The molecule has 0 bridgehead atoms. The third kappa shape index (κ3) is 3.35. The largest absolute Gasteiger partial charge is 0.290 e. The molecule has 1 atom stereocenters. The van der Waals surface area contributed by atoms with Crippen LogP contribution in [0, 0.1) is 0 Å². The fraction of sp³-hybridized carbons (Fsp3) is 0.571. The molecule has 0 aliphatic rings. The first-order valence-corrected chi connectivity index (χ1v) is 3.26. The van der Waals surface area contributed by atoms with Crippen molar-refractivity contribution < 1.29 is 9.18 Å². The number of ketones is 1. The van der Waals surface area contributed by atoms with Crippen molar-refractivity contribution in [2.24, 2.45) is 0 Å². The summed E-state index contributed by atoms with van der Waals surface area (Å²) in [4.78, 5) is 10.6. The van der Waals surface area contributed by atoms with Crippen LogP contribution in [0.25, 0.3) is 0 Å². The van der Waals surface area contributed by atoms with Crippen molar-refractivity contribution in [1.82, 2.24) is 5.32 Å². The van der Waals surface area contributed by atoms with E-state index in [1.165, 1.54) is 12.2 Å². The van der Waals surface area contributed by atoms with E-state index in [0.29, 0.717) is 6.54 Å². The van der Waals surface area contributed by atoms with Gasteiger partial charge in [0.25, 0.3) is 0 Å². The molecule has 2 nitrogen and oxygen atoms in total. The second-order valence-electron chi connectivity index (χ2n) is 1.82. The Kier molecular flexibility index (Phi) is 4.76. The monoisotopic (exact) mass is 145 g/mol. The van der Waals surface area contributed by atoms with Gasteiger partial charge in [-0.15, -0.1) is 0 Å². The van der Waals surface area contributed by atoms with E-state index in [2.05, 4.69) is 5.32 Å². The second kappa shape index (κ2) is 5.11. The third-order valence-electron chi connectivity index (χ3n) is 0.964. The summed E-state index contributed by atoms with van der Waals surface area (Å²) in [7, 11) is 0. The summed E-state index contributed by atoms with van der Waals surface area (Å²) >= 11 is 0. The van der Waals surface area contributed by atoms with Crippen molar-refractivity contribution >= 4 is 5.78 Å². The first kappa shape index (κ1) is 9.30. The maximum atomic E-state index is 12.5. The summed E-state index contributed by atoms with van der Waals surface area (Å²) in [6.07, 6.45) is 1.20. The molecule has 0 spiro atoms. The van der Waals surface area contributed by atoms with Gasteiger partial charge < -0.3 is 0 Å². The van der Waals surface area contributed by atoms with Gasteiger partial charge in [-0.3, -0.25) is 10.1 Å². The molecule has 0 heterocycles. The fourth-order valence-electron chi connectivity index (χ4n) is 0.529. The van der Waals surface area contributed by atoms with E-state index in [9.17, 15) is 9.18 Å². The number of hydrogen-bond acceptors (Lipinski definition) is 2. The Morgan fingerprint density at radius 2 is 2.40 bits per heavy atom. The summed E-state index contributed by atoms with van der Waals surface area (Å²) < 4.78 is 12.5. The maximum absolute atomic E-state index is 12.5. The highest BCUT2D eigenvalue weighted by Crippen LogP contribution is 1.88. The molecule has 0 saturated carbocycles. The lowest BCUT2D eigenvalue weighted by molar-refractivity contribution is -0.120. The lowest BCUT2D eigenvalue weighted by Crippen LogP contribution is -2.31. The number of nitrogens with one attached hydrogen (secondary N) is 1. The number of carbonyl (C=O) groups excluding carboxylic acids is 1. The normalized spacial score (nSPS) is 13.9. The first-order valence-electron chi connectivity index (χ1n) is 3.26. The zero-order chi connectivity index (χ0) is 7.98. The number of carbonyl (C=O) groups is 1. The number of likely N-dealkylation sites (N-methyl/N-ethyl adjacent to an activating group) is 1. The molecule has 0 aromatic heterocycles. The predicted molar refractivity (Wildman–Crippen MR) is 38.4 cm³/mol. The Labute approximate surface area is 60.1 Å². The number of halogens is 1. The minimum Gasteiger partial charge on any atom is -0.290 e. The van der Waals surface area contributed by atoms with E-state index >= 15 is 0 Å². The minimum atomic E-state index is -1.54. The van der Waals surface area contributed by atoms with Crippen molar-refractivity contribution in [3.8, 4) is 0 Å². The van der Waals surface area contributed by atoms with Gasteiger partial charge in [-0.2, -0.15) is 0 Å².